The van der Waals surface area contributed by atoms with Gasteiger partial charge in [0.2, 0.25) is 0 Å². The van der Waals surface area contributed by atoms with Crippen molar-refractivity contribution in [3.05, 3.63) is 99.8 Å². The van der Waals surface area contributed by atoms with E-state index in [0.717, 1.165) is 51.1 Å². The molecule has 0 aliphatic heterocycles. The second-order valence-corrected chi connectivity index (χ2v) is 9.71. The molecule has 0 spiro atoms. The predicted molar refractivity (Wildman–Crippen MR) is 151 cm³/mol. The SMILES string of the molecule is CCOC(C)n1nc(-c2ccnc(C)c2)c2cc(-c3ccn([C@H](CC)c4cccc(Cl)c4)c(=O)c3)cnc21. The quantitative estimate of drug-likeness (QED) is 0.221. The Hall–Kier alpha value is -3.81. The Balaban J connectivity index is 1.60. The van der Waals surface area contributed by atoms with Gasteiger partial charge in [-0.2, -0.15) is 5.10 Å². The first-order chi connectivity index (χ1) is 18.4. The highest BCUT2D eigenvalue weighted by atomic mass is 35.5. The number of nitrogens with zero attached hydrogens (tertiary/aromatic N) is 5. The van der Waals surface area contributed by atoms with Gasteiger partial charge in [0, 0.05) is 58.5 Å². The third-order valence-electron chi connectivity index (χ3n) is 6.71. The van der Waals surface area contributed by atoms with E-state index in [2.05, 4.69) is 11.9 Å². The fourth-order valence-corrected chi connectivity index (χ4v) is 5.08. The van der Waals surface area contributed by atoms with E-state index in [9.17, 15) is 4.79 Å². The van der Waals surface area contributed by atoms with Crippen molar-refractivity contribution in [2.75, 3.05) is 6.61 Å². The summed E-state index contributed by atoms with van der Waals surface area (Å²) in [5.74, 6) is 0. The lowest BCUT2D eigenvalue weighted by Gasteiger charge is -2.19. The average molecular weight is 528 g/mol. The predicted octanol–water partition coefficient (Wildman–Crippen LogP) is 6.84. The highest BCUT2D eigenvalue weighted by molar-refractivity contribution is 6.30. The van der Waals surface area contributed by atoms with Gasteiger partial charge in [-0.05, 0) is 74.7 Å². The Morgan fingerprint density at radius 1 is 1.00 bits per heavy atom. The Labute approximate surface area is 226 Å². The molecule has 0 saturated carbocycles. The minimum atomic E-state index is -0.279. The van der Waals surface area contributed by atoms with Gasteiger partial charge in [-0.15, -0.1) is 0 Å². The molecule has 0 fully saturated rings. The van der Waals surface area contributed by atoms with E-state index in [1.807, 2.05) is 80.2 Å². The van der Waals surface area contributed by atoms with E-state index < -0.39 is 0 Å². The zero-order valence-corrected chi connectivity index (χ0v) is 22.7. The Kier molecular flexibility index (Phi) is 7.40. The lowest BCUT2D eigenvalue weighted by Crippen LogP contribution is -2.24. The Morgan fingerprint density at radius 3 is 2.55 bits per heavy atom. The van der Waals surface area contributed by atoms with Crippen molar-refractivity contribution >= 4 is 22.6 Å². The van der Waals surface area contributed by atoms with Crippen LogP contribution in [0.3, 0.4) is 0 Å². The largest absolute Gasteiger partial charge is 0.357 e. The van der Waals surface area contributed by atoms with Crippen LogP contribution in [0.2, 0.25) is 5.02 Å². The first-order valence-electron chi connectivity index (χ1n) is 12.8. The molecule has 0 bridgehead atoms. The topological polar surface area (TPSA) is 74.8 Å². The second kappa shape index (κ2) is 10.9. The summed E-state index contributed by atoms with van der Waals surface area (Å²) in [6, 6.07) is 17.2. The fourth-order valence-electron chi connectivity index (χ4n) is 4.89. The summed E-state index contributed by atoms with van der Waals surface area (Å²) in [7, 11) is 0. The number of ether oxygens (including phenoxy) is 1. The lowest BCUT2D eigenvalue weighted by atomic mass is 10.0. The molecule has 4 heterocycles. The highest BCUT2D eigenvalue weighted by Gasteiger charge is 2.19. The molecule has 5 rings (SSSR count). The zero-order chi connectivity index (χ0) is 26.8. The molecular weight excluding hydrogens is 498 g/mol. The number of pyridine rings is 3. The van der Waals surface area contributed by atoms with E-state index >= 15 is 0 Å². The van der Waals surface area contributed by atoms with Crippen molar-refractivity contribution < 1.29 is 4.74 Å². The van der Waals surface area contributed by atoms with E-state index in [1.165, 1.54) is 0 Å². The van der Waals surface area contributed by atoms with Crippen molar-refractivity contribution in [1.82, 2.24) is 24.3 Å². The fraction of sp³-hybridized carbons (Fsp3) is 0.267. The van der Waals surface area contributed by atoms with E-state index in [1.54, 1.807) is 23.0 Å². The second-order valence-electron chi connectivity index (χ2n) is 9.27. The number of aryl methyl sites for hydroxylation is 1. The van der Waals surface area contributed by atoms with Gasteiger partial charge in [-0.3, -0.25) is 9.78 Å². The number of aromatic nitrogens is 5. The first kappa shape index (κ1) is 25.8. The molecule has 2 atom stereocenters. The maximum Gasteiger partial charge on any atom is 0.251 e. The monoisotopic (exact) mass is 527 g/mol. The first-order valence-corrected chi connectivity index (χ1v) is 13.2. The van der Waals surface area contributed by atoms with Crippen molar-refractivity contribution in [1.29, 1.82) is 0 Å². The van der Waals surface area contributed by atoms with Gasteiger partial charge in [0.05, 0.1) is 6.04 Å². The summed E-state index contributed by atoms with van der Waals surface area (Å²) in [6.07, 6.45) is 5.90. The standard InChI is InChI=1S/C30H30ClN5O2/c1-5-27(22-8-7-9-25(31)15-22)35-13-11-21(17-28(35)37)24-16-26-29(23-10-12-32-19(3)14-23)34-36(20(4)38-6-2)30(26)33-18-24/h7-18,20,27H,5-6H2,1-4H3/t20?,27-/m1/s1. The maximum absolute atomic E-state index is 13.3. The van der Waals surface area contributed by atoms with Crippen LogP contribution in [0.4, 0.5) is 0 Å². The summed E-state index contributed by atoms with van der Waals surface area (Å²) < 4.78 is 9.39. The molecule has 4 aromatic heterocycles. The molecule has 194 valence electrons. The van der Waals surface area contributed by atoms with Crippen LogP contribution in [0, 0.1) is 6.92 Å². The average Bonchev–Trinajstić information content (AvgIpc) is 3.29. The molecule has 38 heavy (non-hydrogen) atoms. The number of fused-ring (bicyclic) bond motifs is 1. The molecule has 0 saturated heterocycles. The van der Waals surface area contributed by atoms with Crippen molar-refractivity contribution in [2.24, 2.45) is 0 Å². The van der Waals surface area contributed by atoms with Crippen LogP contribution in [-0.2, 0) is 4.74 Å². The van der Waals surface area contributed by atoms with Crippen LogP contribution in [-0.4, -0.2) is 30.9 Å². The molecule has 0 radical (unpaired) electrons. The van der Waals surface area contributed by atoms with Gasteiger partial charge in [-0.1, -0.05) is 30.7 Å². The van der Waals surface area contributed by atoms with Crippen LogP contribution in [0.1, 0.15) is 50.7 Å². The van der Waals surface area contributed by atoms with Gasteiger partial charge in [-0.25, -0.2) is 9.67 Å². The molecule has 7 nitrogen and oxygen atoms in total. The van der Waals surface area contributed by atoms with Gasteiger partial charge in [0.25, 0.3) is 5.56 Å². The summed E-state index contributed by atoms with van der Waals surface area (Å²) >= 11 is 6.22. The van der Waals surface area contributed by atoms with E-state index in [-0.39, 0.29) is 17.8 Å². The molecule has 1 unspecified atom stereocenters. The smallest absolute Gasteiger partial charge is 0.251 e. The summed E-state index contributed by atoms with van der Waals surface area (Å²) in [5, 5.41) is 6.43. The van der Waals surface area contributed by atoms with Crippen LogP contribution in [0.25, 0.3) is 33.4 Å². The molecule has 1 aromatic carbocycles. The third-order valence-corrected chi connectivity index (χ3v) is 6.94. The minimum Gasteiger partial charge on any atom is -0.357 e. The minimum absolute atomic E-state index is 0.0833. The molecule has 5 aromatic rings. The lowest BCUT2D eigenvalue weighted by molar-refractivity contribution is 0.0189. The number of halogens is 1. The maximum atomic E-state index is 13.3. The summed E-state index contributed by atoms with van der Waals surface area (Å²) in [5.41, 5.74) is 5.93. The van der Waals surface area contributed by atoms with Gasteiger partial charge < -0.3 is 9.30 Å². The zero-order valence-electron chi connectivity index (χ0n) is 21.9. The molecule has 0 aliphatic carbocycles. The van der Waals surface area contributed by atoms with Crippen molar-refractivity contribution in [2.45, 2.75) is 46.4 Å². The van der Waals surface area contributed by atoms with Crippen LogP contribution >= 0.6 is 11.6 Å². The summed E-state index contributed by atoms with van der Waals surface area (Å²) in [4.78, 5) is 22.4. The van der Waals surface area contributed by atoms with Crippen LogP contribution in [0.15, 0.2) is 78.0 Å². The van der Waals surface area contributed by atoms with Crippen LogP contribution in [0.5, 0.6) is 0 Å². The summed E-state index contributed by atoms with van der Waals surface area (Å²) in [6.45, 7) is 8.49. The molecule has 8 heteroatoms. The number of hydrogen-bond donors (Lipinski definition) is 0. The van der Waals surface area contributed by atoms with E-state index in [4.69, 9.17) is 26.4 Å². The number of benzene rings is 1. The van der Waals surface area contributed by atoms with Gasteiger partial charge >= 0.3 is 0 Å². The molecule has 0 N–H and O–H groups in total. The van der Waals surface area contributed by atoms with Crippen molar-refractivity contribution in [3.63, 3.8) is 0 Å². The Bertz CT molecular complexity index is 1660. The van der Waals surface area contributed by atoms with Crippen molar-refractivity contribution in [3.8, 4) is 22.4 Å². The number of rotatable bonds is 8. The van der Waals surface area contributed by atoms with Gasteiger partial charge in [0.1, 0.15) is 11.9 Å². The van der Waals surface area contributed by atoms with Crippen LogP contribution < -0.4 is 5.56 Å². The normalized spacial score (nSPS) is 13.1. The Morgan fingerprint density at radius 2 is 1.84 bits per heavy atom. The molecule has 0 aliphatic rings. The van der Waals surface area contributed by atoms with Gasteiger partial charge in [0.15, 0.2) is 5.65 Å². The molecule has 0 amide bonds. The molecular formula is C30H30ClN5O2. The highest BCUT2D eigenvalue weighted by Crippen LogP contribution is 2.32. The number of hydrogen-bond acceptors (Lipinski definition) is 5. The third kappa shape index (κ3) is 4.99. The van der Waals surface area contributed by atoms with E-state index in [0.29, 0.717) is 11.6 Å².